The van der Waals surface area contributed by atoms with Crippen molar-refractivity contribution < 1.29 is 4.84 Å². The molecular weight excluding hydrogens is 198 g/mol. The van der Waals surface area contributed by atoms with Gasteiger partial charge in [-0.15, -0.1) is 0 Å². The molecule has 0 aromatic heterocycles. The molecule has 0 unspecified atom stereocenters. The van der Waals surface area contributed by atoms with E-state index in [2.05, 4.69) is 41.2 Å². The quantitative estimate of drug-likeness (QED) is 0.792. The highest BCUT2D eigenvalue weighted by molar-refractivity contribution is 5.63. The minimum absolute atomic E-state index is 0.554. The van der Waals surface area contributed by atoms with Crippen molar-refractivity contribution in [3.8, 4) is 11.1 Å². The van der Waals surface area contributed by atoms with Gasteiger partial charge >= 0.3 is 0 Å². The lowest BCUT2D eigenvalue weighted by Gasteiger charge is -2.04. The van der Waals surface area contributed by atoms with Gasteiger partial charge in [-0.3, -0.25) is 0 Å². The molecule has 0 amide bonds. The molecule has 16 heavy (non-hydrogen) atoms. The van der Waals surface area contributed by atoms with E-state index in [4.69, 9.17) is 5.90 Å². The van der Waals surface area contributed by atoms with Crippen LogP contribution in [0.25, 0.3) is 11.1 Å². The first-order valence-electron chi connectivity index (χ1n) is 5.36. The molecule has 0 heterocycles. The zero-order valence-corrected chi connectivity index (χ0v) is 9.10. The van der Waals surface area contributed by atoms with Crippen molar-refractivity contribution >= 4 is 0 Å². The van der Waals surface area contributed by atoms with Gasteiger partial charge in [0.15, 0.2) is 0 Å². The molecule has 2 aromatic carbocycles. The van der Waals surface area contributed by atoms with Crippen molar-refractivity contribution in [3.63, 3.8) is 0 Å². The summed E-state index contributed by atoms with van der Waals surface area (Å²) in [6.45, 7) is 0.554. The van der Waals surface area contributed by atoms with Crippen LogP contribution in [0.4, 0.5) is 0 Å². The van der Waals surface area contributed by atoms with Crippen molar-refractivity contribution in [2.75, 3.05) is 6.61 Å². The Morgan fingerprint density at radius 2 is 1.62 bits per heavy atom. The zero-order valence-electron chi connectivity index (χ0n) is 9.10. The third-order valence-corrected chi connectivity index (χ3v) is 2.54. The molecule has 0 aliphatic heterocycles. The van der Waals surface area contributed by atoms with Crippen LogP contribution in [-0.4, -0.2) is 6.61 Å². The molecule has 2 nitrogen and oxygen atoms in total. The lowest BCUT2D eigenvalue weighted by molar-refractivity contribution is 0.141. The maximum atomic E-state index is 5.03. The van der Waals surface area contributed by atoms with Crippen molar-refractivity contribution in [2.24, 2.45) is 5.90 Å². The third-order valence-electron chi connectivity index (χ3n) is 2.54. The Morgan fingerprint density at radius 1 is 0.875 bits per heavy atom. The molecule has 2 aromatic rings. The molecule has 2 heteroatoms. The Bertz CT molecular complexity index is 439. The van der Waals surface area contributed by atoms with Crippen molar-refractivity contribution in [2.45, 2.75) is 6.42 Å². The lowest BCUT2D eigenvalue weighted by Crippen LogP contribution is -2.03. The summed E-state index contributed by atoms with van der Waals surface area (Å²) in [6, 6.07) is 18.8. The summed E-state index contributed by atoms with van der Waals surface area (Å²) in [5, 5.41) is 0. The van der Waals surface area contributed by atoms with Crippen molar-refractivity contribution in [1.82, 2.24) is 0 Å². The second-order valence-electron chi connectivity index (χ2n) is 3.69. The van der Waals surface area contributed by atoms with Gasteiger partial charge in [-0.05, 0) is 23.1 Å². The summed E-state index contributed by atoms with van der Waals surface area (Å²) in [5.41, 5.74) is 3.71. The van der Waals surface area contributed by atoms with Gasteiger partial charge in [-0.25, -0.2) is 5.90 Å². The summed E-state index contributed by atoms with van der Waals surface area (Å²) < 4.78 is 0. The summed E-state index contributed by atoms with van der Waals surface area (Å²) in [5.74, 6) is 5.03. The molecule has 82 valence electrons. The highest BCUT2D eigenvalue weighted by Crippen LogP contribution is 2.20. The Kier molecular flexibility index (Phi) is 3.70. The first kappa shape index (κ1) is 10.9. The molecule has 0 atom stereocenters. The van der Waals surface area contributed by atoms with Crippen LogP contribution in [0.2, 0.25) is 0 Å². The highest BCUT2D eigenvalue weighted by Gasteiger charge is 1.98. The maximum Gasteiger partial charge on any atom is 0.0719 e. The fraction of sp³-hybridized carbons (Fsp3) is 0.143. The molecule has 0 aliphatic rings. The molecule has 0 saturated heterocycles. The molecule has 0 radical (unpaired) electrons. The van der Waals surface area contributed by atoms with Crippen molar-refractivity contribution in [1.29, 1.82) is 0 Å². The van der Waals surface area contributed by atoms with Gasteiger partial charge in [0.1, 0.15) is 0 Å². The van der Waals surface area contributed by atoms with Gasteiger partial charge in [0, 0.05) is 0 Å². The van der Waals surface area contributed by atoms with Gasteiger partial charge < -0.3 is 4.84 Å². The molecular formula is C14H15NO. The second-order valence-corrected chi connectivity index (χ2v) is 3.69. The van der Waals surface area contributed by atoms with Gasteiger partial charge in [-0.2, -0.15) is 0 Å². The predicted octanol–water partition coefficient (Wildman–Crippen LogP) is 2.79. The van der Waals surface area contributed by atoms with E-state index < -0.39 is 0 Å². The Balaban J connectivity index is 2.22. The molecule has 0 saturated carbocycles. The normalized spacial score (nSPS) is 10.3. The Labute approximate surface area is 95.6 Å². The van der Waals surface area contributed by atoms with Crippen LogP contribution in [0, 0.1) is 0 Å². The van der Waals surface area contributed by atoms with E-state index in [9.17, 15) is 0 Å². The van der Waals surface area contributed by atoms with Gasteiger partial charge in [0.25, 0.3) is 0 Å². The third kappa shape index (κ3) is 2.69. The summed E-state index contributed by atoms with van der Waals surface area (Å²) in [6.07, 6.45) is 0.844. The standard InChI is InChI=1S/C14H15NO/c15-16-10-9-12-5-4-8-14(11-12)13-6-2-1-3-7-13/h1-8,11H,9-10,15H2. The Hall–Kier alpha value is -1.64. The molecule has 2 rings (SSSR count). The molecule has 0 aliphatic carbocycles. The number of hydrogen-bond donors (Lipinski definition) is 1. The number of benzene rings is 2. The van der Waals surface area contributed by atoms with E-state index >= 15 is 0 Å². The van der Waals surface area contributed by atoms with Gasteiger partial charge in [0.2, 0.25) is 0 Å². The molecule has 2 N–H and O–H groups in total. The molecule has 0 spiro atoms. The number of hydrogen-bond acceptors (Lipinski definition) is 2. The van der Waals surface area contributed by atoms with E-state index in [1.54, 1.807) is 0 Å². The minimum Gasteiger partial charge on any atom is -0.304 e. The van der Waals surface area contributed by atoms with Crippen LogP contribution in [0.1, 0.15) is 5.56 Å². The average Bonchev–Trinajstić information content (AvgIpc) is 2.38. The minimum atomic E-state index is 0.554. The SMILES string of the molecule is NOCCc1cccc(-c2ccccc2)c1. The van der Waals surface area contributed by atoms with Crippen LogP contribution in [0.15, 0.2) is 54.6 Å². The predicted molar refractivity (Wildman–Crippen MR) is 65.7 cm³/mol. The van der Waals surface area contributed by atoms with Crippen LogP contribution in [0.5, 0.6) is 0 Å². The maximum absolute atomic E-state index is 5.03. The topological polar surface area (TPSA) is 35.2 Å². The summed E-state index contributed by atoms with van der Waals surface area (Å²) in [7, 11) is 0. The molecule has 0 bridgehead atoms. The van der Waals surface area contributed by atoms with E-state index in [0.717, 1.165) is 6.42 Å². The highest BCUT2D eigenvalue weighted by atomic mass is 16.6. The van der Waals surface area contributed by atoms with E-state index in [-0.39, 0.29) is 0 Å². The first-order chi connectivity index (χ1) is 7.90. The van der Waals surface area contributed by atoms with Gasteiger partial charge in [0.05, 0.1) is 6.61 Å². The molecule has 0 fully saturated rings. The Morgan fingerprint density at radius 3 is 2.38 bits per heavy atom. The fourth-order valence-corrected chi connectivity index (χ4v) is 1.71. The van der Waals surface area contributed by atoms with Crippen LogP contribution in [0.3, 0.4) is 0 Å². The van der Waals surface area contributed by atoms with Crippen molar-refractivity contribution in [3.05, 3.63) is 60.2 Å². The van der Waals surface area contributed by atoms with E-state index in [1.165, 1.54) is 16.7 Å². The zero-order chi connectivity index (χ0) is 11.2. The van der Waals surface area contributed by atoms with E-state index in [0.29, 0.717) is 6.61 Å². The largest absolute Gasteiger partial charge is 0.304 e. The smallest absolute Gasteiger partial charge is 0.0719 e. The lowest BCUT2D eigenvalue weighted by atomic mass is 10.0. The van der Waals surface area contributed by atoms with Crippen LogP contribution < -0.4 is 5.90 Å². The number of rotatable bonds is 4. The first-order valence-corrected chi connectivity index (χ1v) is 5.36. The monoisotopic (exact) mass is 213 g/mol. The second kappa shape index (κ2) is 5.45. The number of nitrogens with two attached hydrogens (primary N) is 1. The fourth-order valence-electron chi connectivity index (χ4n) is 1.71. The van der Waals surface area contributed by atoms with Crippen LogP contribution >= 0.6 is 0 Å². The van der Waals surface area contributed by atoms with E-state index in [1.807, 2.05) is 18.2 Å². The summed E-state index contributed by atoms with van der Waals surface area (Å²) in [4.78, 5) is 4.59. The summed E-state index contributed by atoms with van der Waals surface area (Å²) >= 11 is 0. The van der Waals surface area contributed by atoms with Crippen LogP contribution in [-0.2, 0) is 11.3 Å². The average molecular weight is 213 g/mol. The van der Waals surface area contributed by atoms with Gasteiger partial charge in [-0.1, -0.05) is 54.6 Å².